The van der Waals surface area contributed by atoms with Crippen molar-refractivity contribution in [3.63, 3.8) is 0 Å². The summed E-state index contributed by atoms with van der Waals surface area (Å²) in [7, 11) is 0. The Morgan fingerprint density at radius 3 is 2.50 bits per heavy atom. The number of nitrogens with zero attached hydrogens (tertiary/aromatic N) is 4. The molecule has 0 bridgehead atoms. The molecule has 0 aliphatic carbocycles. The van der Waals surface area contributed by atoms with E-state index in [1.807, 2.05) is 24.4 Å². The van der Waals surface area contributed by atoms with Crippen molar-refractivity contribution in [2.24, 2.45) is 0 Å². The van der Waals surface area contributed by atoms with Crippen molar-refractivity contribution in [2.75, 3.05) is 0 Å². The second-order valence-corrected chi connectivity index (χ2v) is 6.35. The number of aromatic nitrogens is 5. The Hall–Kier alpha value is -3.22. The molecule has 4 rings (SSSR count). The average molecular weight is 349 g/mol. The normalized spacial score (nSPS) is 11.4. The monoisotopic (exact) mass is 349 g/mol. The fourth-order valence-electron chi connectivity index (χ4n) is 3.22. The lowest BCUT2D eigenvalue weighted by Crippen LogP contribution is -2.21. The first-order valence-electron chi connectivity index (χ1n) is 8.73. The van der Waals surface area contributed by atoms with Gasteiger partial charge in [0, 0.05) is 29.7 Å². The highest BCUT2D eigenvalue weighted by atomic mass is 16.1. The van der Waals surface area contributed by atoms with E-state index in [0.717, 1.165) is 30.0 Å². The van der Waals surface area contributed by atoms with E-state index in [4.69, 9.17) is 0 Å². The minimum Gasteiger partial charge on any atom is -0.315 e. The molecule has 1 aromatic carbocycles. The van der Waals surface area contributed by atoms with E-state index in [1.54, 1.807) is 16.8 Å². The van der Waals surface area contributed by atoms with Gasteiger partial charge in [0.1, 0.15) is 6.33 Å². The van der Waals surface area contributed by atoms with Gasteiger partial charge >= 0.3 is 0 Å². The summed E-state index contributed by atoms with van der Waals surface area (Å²) in [6.07, 6.45) is 8.00. The van der Waals surface area contributed by atoms with Crippen LogP contribution in [0.5, 0.6) is 0 Å². The van der Waals surface area contributed by atoms with Gasteiger partial charge in [-0.25, -0.2) is 5.10 Å². The zero-order chi connectivity index (χ0) is 18.1. The molecule has 0 saturated carbocycles. The molecular formula is C19H19N5O2. The Labute approximate surface area is 148 Å². The van der Waals surface area contributed by atoms with Crippen LogP contribution in [0.1, 0.15) is 26.2 Å². The quantitative estimate of drug-likeness (QED) is 0.443. The van der Waals surface area contributed by atoms with Gasteiger partial charge in [-0.3, -0.25) is 14.2 Å². The predicted molar refractivity (Wildman–Crippen MR) is 101 cm³/mol. The third-order valence-corrected chi connectivity index (χ3v) is 4.63. The standard InChI is InChI=1S/C19H19N5O2/c1-2-3-4-7-23-8-5-13-10-14-6-9-24(19-20-12-21-22-19)18(26)16(14)11-15(13)17(23)25/h5-6,8-12H,2-4,7H2,1H3,(H,20,21,22). The van der Waals surface area contributed by atoms with Gasteiger partial charge in [-0.2, -0.15) is 10.1 Å². The fraction of sp³-hybridized carbons (Fsp3) is 0.263. The molecule has 0 unspecified atom stereocenters. The summed E-state index contributed by atoms with van der Waals surface area (Å²) in [5, 5.41) is 9.14. The second-order valence-electron chi connectivity index (χ2n) is 6.35. The summed E-state index contributed by atoms with van der Waals surface area (Å²) in [4.78, 5) is 29.7. The molecule has 3 heterocycles. The Bertz CT molecular complexity index is 1190. The van der Waals surface area contributed by atoms with Gasteiger partial charge in [-0.1, -0.05) is 19.8 Å². The van der Waals surface area contributed by atoms with Gasteiger partial charge in [-0.05, 0) is 41.5 Å². The number of fused-ring (bicyclic) bond motifs is 2. The topological polar surface area (TPSA) is 85.6 Å². The fourth-order valence-corrected chi connectivity index (χ4v) is 3.22. The number of aromatic amines is 1. The van der Waals surface area contributed by atoms with Crippen LogP contribution in [0.15, 0.2) is 52.6 Å². The van der Waals surface area contributed by atoms with E-state index in [2.05, 4.69) is 22.1 Å². The first-order chi connectivity index (χ1) is 12.7. The van der Waals surface area contributed by atoms with Gasteiger partial charge < -0.3 is 4.57 Å². The van der Waals surface area contributed by atoms with E-state index in [1.165, 1.54) is 10.9 Å². The maximum atomic E-state index is 12.8. The average Bonchev–Trinajstić information content (AvgIpc) is 3.18. The van der Waals surface area contributed by atoms with Gasteiger partial charge in [0.15, 0.2) is 0 Å². The molecule has 7 heteroatoms. The third kappa shape index (κ3) is 2.71. The highest BCUT2D eigenvalue weighted by molar-refractivity contribution is 5.97. The van der Waals surface area contributed by atoms with Crippen molar-refractivity contribution in [2.45, 2.75) is 32.7 Å². The largest absolute Gasteiger partial charge is 0.315 e. The van der Waals surface area contributed by atoms with Crippen molar-refractivity contribution < 1.29 is 0 Å². The zero-order valence-corrected chi connectivity index (χ0v) is 14.5. The lowest BCUT2D eigenvalue weighted by atomic mass is 10.1. The van der Waals surface area contributed by atoms with Crippen molar-refractivity contribution in [1.29, 1.82) is 0 Å². The van der Waals surface area contributed by atoms with Crippen LogP contribution < -0.4 is 11.1 Å². The number of hydrogen-bond acceptors (Lipinski definition) is 4. The van der Waals surface area contributed by atoms with E-state index in [-0.39, 0.29) is 11.1 Å². The summed E-state index contributed by atoms with van der Waals surface area (Å²) >= 11 is 0. The Kier molecular flexibility index (Phi) is 4.12. The number of benzene rings is 1. The molecule has 1 N–H and O–H groups in total. The summed E-state index contributed by atoms with van der Waals surface area (Å²) in [6, 6.07) is 7.35. The van der Waals surface area contributed by atoms with E-state index < -0.39 is 0 Å². The number of rotatable bonds is 5. The molecule has 0 amide bonds. The molecule has 4 aromatic rings. The SMILES string of the molecule is CCCCCn1ccc2cc3ccn(-c4ncn[nH]4)c(=O)c3cc2c1=O. The number of H-pyrrole nitrogens is 1. The molecule has 0 spiro atoms. The summed E-state index contributed by atoms with van der Waals surface area (Å²) in [5.41, 5.74) is -0.295. The Morgan fingerprint density at radius 1 is 1.00 bits per heavy atom. The van der Waals surface area contributed by atoms with Crippen molar-refractivity contribution in [3.8, 4) is 5.95 Å². The van der Waals surface area contributed by atoms with E-state index in [9.17, 15) is 9.59 Å². The number of aryl methyl sites for hydroxylation is 1. The van der Waals surface area contributed by atoms with Crippen LogP contribution in [0.3, 0.4) is 0 Å². The van der Waals surface area contributed by atoms with Crippen LogP contribution in [0.2, 0.25) is 0 Å². The number of pyridine rings is 2. The minimum absolute atomic E-state index is 0.0602. The van der Waals surface area contributed by atoms with Crippen molar-refractivity contribution in [3.05, 3.63) is 63.7 Å². The highest BCUT2D eigenvalue weighted by Crippen LogP contribution is 2.18. The zero-order valence-electron chi connectivity index (χ0n) is 14.5. The lowest BCUT2D eigenvalue weighted by molar-refractivity contribution is 0.590. The predicted octanol–water partition coefficient (Wildman–Crippen LogP) is 2.61. The van der Waals surface area contributed by atoms with Crippen molar-refractivity contribution >= 4 is 21.5 Å². The molecule has 3 aromatic heterocycles. The number of unbranched alkanes of at least 4 members (excludes halogenated alkanes) is 2. The molecule has 0 radical (unpaired) electrons. The van der Waals surface area contributed by atoms with Crippen LogP contribution in [-0.4, -0.2) is 24.3 Å². The van der Waals surface area contributed by atoms with Crippen molar-refractivity contribution in [1.82, 2.24) is 24.3 Å². The summed E-state index contributed by atoms with van der Waals surface area (Å²) in [5.74, 6) is 0.349. The number of hydrogen-bond donors (Lipinski definition) is 1. The third-order valence-electron chi connectivity index (χ3n) is 4.63. The molecule has 0 saturated heterocycles. The van der Waals surface area contributed by atoms with Crippen LogP contribution in [0.4, 0.5) is 0 Å². The van der Waals surface area contributed by atoms with Crippen LogP contribution in [-0.2, 0) is 6.54 Å². The van der Waals surface area contributed by atoms with Crippen LogP contribution in [0, 0.1) is 0 Å². The van der Waals surface area contributed by atoms with Gasteiger partial charge in [0.05, 0.1) is 0 Å². The highest BCUT2D eigenvalue weighted by Gasteiger charge is 2.10. The molecule has 0 atom stereocenters. The Morgan fingerprint density at radius 2 is 1.77 bits per heavy atom. The molecule has 0 aliphatic heterocycles. The van der Waals surface area contributed by atoms with Gasteiger partial charge in [-0.15, -0.1) is 0 Å². The molecule has 132 valence electrons. The minimum atomic E-state index is -0.234. The van der Waals surface area contributed by atoms with Gasteiger partial charge in [0.25, 0.3) is 11.1 Å². The maximum Gasteiger partial charge on any atom is 0.265 e. The van der Waals surface area contributed by atoms with E-state index >= 15 is 0 Å². The lowest BCUT2D eigenvalue weighted by Gasteiger charge is -2.09. The molecule has 0 fully saturated rings. The van der Waals surface area contributed by atoms with E-state index in [0.29, 0.717) is 23.3 Å². The summed E-state index contributed by atoms with van der Waals surface area (Å²) < 4.78 is 3.12. The molecule has 0 aliphatic rings. The van der Waals surface area contributed by atoms with Gasteiger partial charge in [0.2, 0.25) is 5.95 Å². The van der Waals surface area contributed by atoms with Crippen LogP contribution >= 0.6 is 0 Å². The first kappa shape index (κ1) is 16.3. The summed E-state index contributed by atoms with van der Waals surface area (Å²) in [6.45, 7) is 2.83. The molecular weight excluding hydrogens is 330 g/mol. The first-order valence-corrected chi connectivity index (χ1v) is 8.73. The maximum absolute atomic E-state index is 12.8. The van der Waals surface area contributed by atoms with Crippen LogP contribution in [0.25, 0.3) is 27.5 Å². The molecule has 7 nitrogen and oxygen atoms in total. The second kappa shape index (κ2) is 6.59. The molecule has 26 heavy (non-hydrogen) atoms. The Balaban J connectivity index is 1.90. The number of nitrogens with one attached hydrogen (secondary N) is 1. The smallest absolute Gasteiger partial charge is 0.265 e.